The molecule has 1 N–H and O–H groups in total. The molecule has 1 aromatic rings. The van der Waals surface area contributed by atoms with Crippen molar-refractivity contribution in [2.45, 2.75) is 44.7 Å². The number of aliphatic hydroxyl groups excluding tert-OH is 1. The quantitative estimate of drug-likeness (QED) is 0.802. The van der Waals surface area contributed by atoms with E-state index in [0.717, 1.165) is 5.56 Å². The number of allylic oxidation sites excluding steroid dienone is 1. The maximum Gasteiger partial charge on any atom is 0.247 e. The normalized spacial score (nSPS) is 23.4. The number of carbonyl (C=O) groups excluding carboxylic acids is 1. The maximum absolute atomic E-state index is 13.3. The number of carbonyl (C=O) groups is 1. The zero-order valence-corrected chi connectivity index (χ0v) is 17.9. The van der Waals surface area contributed by atoms with Gasteiger partial charge in [-0.05, 0) is 31.5 Å². The van der Waals surface area contributed by atoms with Crippen molar-refractivity contribution in [2.75, 3.05) is 26.7 Å². The summed E-state index contributed by atoms with van der Waals surface area (Å²) >= 11 is 0. The van der Waals surface area contributed by atoms with E-state index in [4.69, 9.17) is 4.74 Å². The molecule has 1 aromatic carbocycles. The molecule has 0 saturated heterocycles. The number of amides is 1. The average molecular weight is 411 g/mol. The number of likely N-dealkylation sites (N-methyl/N-ethyl adjacent to an activating group) is 1. The van der Waals surface area contributed by atoms with Crippen LogP contribution in [0.1, 0.15) is 33.3 Å². The Balaban J connectivity index is 2.59. The van der Waals surface area contributed by atoms with Gasteiger partial charge in [0.1, 0.15) is 16.7 Å². The second-order valence-corrected chi connectivity index (χ2v) is 9.20. The highest BCUT2D eigenvalue weighted by Gasteiger charge is 2.38. The van der Waals surface area contributed by atoms with Gasteiger partial charge in [-0.15, -0.1) is 0 Å². The Morgan fingerprint density at radius 1 is 1.46 bits per heavy atom. The number of aliphatic hydroxyl groups is 1. The Hall–Kier alpha value is -1.90. The first-order valence-corrected chi connectivity index (χ1v) is 10.8. The van der Waals surface area contributed by atoms with Crippen molar-refractivity contribution in [1.82, 2.24) is 9.21 Å². The lowest BCUT2D eigenvalue weighted by Gasteiger charge is -2.37. The molecule has 0 radical (unpaired) electrons. The molecular weight excluding hydrogens is 380 g/mol. The van der Waals surface area contributed by atoms with Crippen molar-refractivity contribution in [3.8, 4) is 5.75 Å². The van der Waals surface area contributed by atoms with Crippen LogP contribution in [-0.2, 0) is 14.8 Å². The van der Waals surface area contributed by atoms with E-state index in [-0.39, 0.29) is 35.6 Å². The fraction of sp³-hybridized carbons (Fsp3) is 0.550. The van der Waals surface area contributed by atoms with Crippen LogP contribution in [0.25, 0.3) is 6.08 Å². The second-order valence-electron chi connectivity index (χ2n) is 7.35. The first-order valence-electron chi connectivity index (χ1n) is 9.39. The number of sulfonamides is 1. The molecule has 1 amide bonds. The van der Waals surface area contributed by atoms with E-state index in [1.807, 2.05) is 26.0 Å². The summed E-state index contributed by atoms with van der Waals surface area (Å²) in [6.45, 7) is 7.18. The number of ether oxygens (including phenoxy) is 1. The molecule has 0 spiro atoms. The van der Waals surface area contributed by atoms with Crippen molar-refractivity contribution in [2.24, 2.45) is 5.92 Å². The molecule has 0 bridgehead atoms. The molecule has 1 aliphatic heterocycles. The fourth-order valence-corrected chi connectivity index (χ4v) is 4.98. The van der Waals surface area contributed by atoms with Crippen LogP contribution in [0.5, 0.6) is 5.75 Å². The molecular formula is C20H30N2O5S. The minimum Gasteiger partial charge on any atom is -0.487 e. The Kier molecular flexibility index (Phi) is 7.25. The van der Waals surface area contributed by atoms with E-state index in [2.05, 4.69) is 0 Å². The Morgan fingerprint density at radius 2 is 2.14 bits per heavy atom. The summed E-state index contributed by atoms with van der Waals surface area (Å²) in [5, 5.41) is 9.61. The third-order valence-electron chi connectivity index (χ3n) is 5.04. The van der Waals surface area contributed by atoms with Crippen LogP contribution in [0.15, 0.2) is 29.2 Å². The Morgan fingerprint density at radius 3 is 2.71 bits per heavy atom. The maximum atomic E-state index is 13.3. The van der Waals surface area contributed by atoms with E-state index in [9.17, 15) is 18.3 Å². The average Bonchev–Trinajstić information content (AvgIpc) is 2.64. The fourth-order valence-electron chi connectivity index (χ4n) is 3.15. The van der Waals surface area contributed by atoms with Crippen LogP contribution in [0.3, 0.4) is 0 Å². The van der Waals surface area contributed by atoms with E-state index in [1.165, 1.54) is 11.2 Å². The van der Waals surface area contributed by atoms with Crippen LogP contribution in [0.4, 0.5) is 0 Å². The third-order valence-corrected chi connectivity index (χ3v) is 7.06. The largest absolute Gasteiger partial charge is 0.487 e. The molecule has 2 rings (SSSR count). The van der Waals surface area contributed by atoms with Gasteiger partial charge >= 0.3 is 0 Å². The standard InChI is InChI=1S/C20H30N2O5S/c1-6-7-17-8-9-20-18(10-17)27-19(12-21(5)16(4)24)14(2)11-22(15(3)13-23)28(20,25)26/h6-10,14-15,19,23H,11-13H2,1-5H3/b7-6+/t14-,15-,19-/m0/s1. The van der Waals surface area contributed by atoms with Gasteiger partial charge in [0.15, 0.2) is 0 Å². The summed E-state index contributed by atoms with van der Waals surface area (Å²) in [7, 11) is -2.15. The molecule has 8 heteroatoms. The van der Waals surface area contributed by atoms with Crippen LogP contribution in [0, 0.1) is 5.92 Å². The van der Waals surface area contributed by atoms with Gasteiger partial charge in [-0.2, -0.15) is 4.31 Å². The van der Waals surface area contributed by atoms with E-state index < -0.39 is 22.2 Å². The molecule has 1 aliphatic rings. The smallest absolute Gasteiger partial charge is 0.247 e. The lowest BCUT2D eigenvalue weighted by Crippen LogP contribution is -2.50. The van der Waals surface area contributed by atoms with Gasteiger partial charge in [0.2, 0.25) is 15.9 Å². The molecule has 1 heterocycles. The molecule has 3 atom stereocenters. The summed E-state index contributed by atoms with van der Waals surface area (Å²) < 4.78 is 34.0. The summed E-state index contributed by atoms with van der Waals surface area (Å²) in [6.07, 6.45) is 3.34. The molecule has 156 valence electrons. The Bertz CT molecular complexity index is 837. The van der Waals surface area contributed by atoms with Crippen molar-refractivity contribution in [1.29, 1.82) is 0 Å². The zero-order chi connectivity index (χ0) is 21.1. The van der Waals surface area contributed by atoms with Crippen LogP contribution in [0.2, 0.25) is 0 Å². The Labute approximate surface area is 167 Å². The van der Waals surface area contributed by atoms with Gasteiger partial charge in [-0.1, -0.05) is 25.1 Å². The van der Waals surface area contributed by atoms with Gasteiger partial charge in [0.25, 0.3) is 0 Å². The van der Waals surface area contributed by atoms with Crippen molar-refractivity contribution in [3.63, 3.8) is 0 Å². The second kappa shape index (κ2) is 9.07. The number of nitrogens with zero attached hydrogens (tertiary/aromatic N) is 2. The van der Waals surface area contributed by atoms with Gasteiger partial charge < -0.3 is 14.7 Å². The van der Waals surface area contributed by atoms with Crippen molar-refractivity contribution in [3.05, 3.63) is 29.8 Å². The predicted octanol–water partition coefficient (Wildman–Crippen LogP) is 1.97. The number of hydrogen-bond acceptors (Lipinski definition) is 5. The molecule has 28 heavy (non-hydrogen) atoms. The zero-order valence-electron chi connectivity index (χ0n) is 17.1. The summed E-state index contributed by atoms with van der Waals surface area (Å²) in [6, 6.07) is 4.40. The van der Waals surface area contributed by atoms with Crippen LogP contribution < -0.4 is 4.74 Å². The highest BCUT2D eigenvalue weighted by Crippen LogP contribution is 2.34. The van der Waals surface area contributed by atoms with E-state index >= 15 is 0 Å². The molecule has 7 nitrogen and oxygen atoms in total. The minimum absolute atomic E-state index is 0.0726. The molecule has 0 saturated carbocycles. The number of benzene rings is 1. The topological polar surface area (TPSA) is 87.2 Å². The lowest BCUT2D eigenvalue weighted by molar-refractivity contribution is -0.129. The van der Waals surface area contributed by atoms with Crippen molar-refractivity contribution >= 4 is 22.0 Å². The SMILES string of the molecule is C/C=C/c1ccc2c(c1)O[C@@H](CN(C)C(C)=O)[C@@H](C)CN([C@@H](C)CO)S2(=O)=O. The van der Waals surface area contributed by atoms with E-state index in [0.29, 0.717) is 6.54 Å². The lowest BCUT2D eigenvalue weighted by atomic mass is 10.0. The van der Waals surface area contributed by atoms with Gasteiger partial charge in [-0.25, -0.2) is 8.42 Å². The van der Waals surface area contributed by atoms with Crippen molar-refractivity contribution < 1.29 is 23.1 Å². The summed E-state index contributed by atoms with van der Waals surface area (Å²) in [5.41, 5.74) is 0.824. The van der Waals surface area contributed by atoms with E-state index in [1.54, 1.807) is 37.1 Å². The molecule has 0 aliphatic carbocycles. The minimum atomic E-state index is -3.84. The first-order chi connectivity index (χ1) is 13.1. The van der Waals surface area contributed by atoms with Gasteiger partial charge in [-0.3, -0.25) is 4.79 Å². The molecule has 0 aromatic heterocycles. The monoisotopic (exact) mass is 410 g/mol. The highest BCUT2D eigenvalue weighted by molar-refractivity contribution is 7.89. The summed E-state index contributed by atoms with van der Waals surface area (Å²) in [5.74, 6) is -0.0164. The number of fused-ring (bicyclic) bond motifs is 1. The third kappa shape index (κ3) is 4.74. The molecule has 0 fully saturated rings. The highest BCUT2D eigenvalue weighted by atomic mass is 32.2. The number of rotatable bonds is 5. The predicted molar refractivity (Wildman–Crippen MR) is 108 cm³/mol. The molecule has 0 unspecified atom stereocenters. The van der Waals surface area contributed by atoms with Crippen LogP contribution >= 0.6 is 0 Å². The van der Waals surface area contributed by atoms with Gasteiger partial charge in [0.05, 0.1) is 13.2 Å². The number of hydrogen-bond donors (Lipinski definition) is 1. The van der Waals surface area contributed by atoms with Gasteiger partial charge in [0, 0.05) is 32.5 Å². The van der Waals surface area contributed by atoms with Crippen LogP contribution in [-0.4, -0.2) is 67.5 Å². The summed E-state index contributed by atoms with van der Waals surface area (Å²) in [4.78, 5) is 13.3. The first kappa shape index (κ1) is 22.4.